The molecule has 0 aromatic heterocycles. The maximum absolute atomic E-state index is 5.85. The van der Waals surface area contributed by atoms with E-state index in [1.807, 2.05) is 0 Å². The fraction of sp³-hybridized carbons (Fsp3) is 1.00. The van der Waals surface area contributed by atoms with E-state index in [1.165, 1.54) is 39.1 Å². The Hall–Kier alpha value is -0.120. The Morgan fingerprint density at radius 1 is 1.06 bits per heavy atom. The second-order valence-corrected chi connectivity index (χ2v) is 5.83. The van der Waals surface area contributed by atoms with Crippen molar-refractivity contribution >= 4 is 0 Å². The molecule has 1 fully saturated rings. The molecule has 2 unspecified atom stereocenters. The zero-order valence-corrected chi connectivity index (χ0v) is 12.2. The monoisotopic (exact) mass is 241 g/mol. The van der Waals surface area contributed by atoms with Crippen molar-refractivity contribution in [3.8, 4) is 0 Å². The molecule has 102 valence electrons. The molecule has 1 heterocycles. The summed E-state index contributed by atoms with van der Waals surface area (Å²) in [6.07, 6.45) is 1.26. The van der Waals surface area contributed by atoms with Crippen LogP contribution in [0.2, 0.25) is 0 Å². The minimum atomic E-state index is 0.658. The van der Waals surface area contributed by atoms with E-state index in [9.17, 15) is 0 Å². The Labute approximate surface area is 107 Å². The second-order valence-electron chi connectivity index (χ2n) is 5.83. The topological polar surface area (TPSA) is 32.5 Å². The van der Waals surface area contributed by atoms with Gasteiger partial charge in [-0.3, -0.25) is 4.90 Å². The van der Waals surface area contributed by atoms with Gasteiger partial charge in [0.05, 0.1) is 0 Å². The van der Waals surface area contributed by atoms with Gasteiger partial charge in [0.2, 0.25) is 0 Å². The normalized spacial score (nSPS) is 22.9. The van der Waals surface area contributed by atoms with E-state index in [0.29, 0.717) is 11.8 Å². The van der Waals surface area contributed by atoms with Crippen LogP contribution in [0.3, 0.4) is 0 Å². The summed E-state index contributed by atoms with van der Waals surface area (Å²) in [7, 11) is 0. The molecule has 0 aromatic rings. The van der Waals surface area contributed by atoms with Gasteiger partial charge in [0.15, 0.2) is 0 Å². The largest absolute Gasteiger partial charge is 0.330 e. The average molecular weight is 241 g/mol. The van der Waals surface area contributed by atoms with Crippen LogP contribution in [0.15, 0.2) is 0 Å². The van der Waals surface area contributed by atoms with Crippen LogP contribution in [-0.4, -0.2) is 55.1 Å². The van der Waals surface area contributed by atoms with Crippen molar-refractivity contribution in [2.24, 2.45) is 17.6 Å². The molecular weight excluding hydrogens is 210 g/mol. The van der Waals surface area contributed by atoms with E-state index in [4.69, 9.17) is 5.73 Å². The van der Waals surface area contributed by atoms with Crippen LogP contribution in [0.4, 0.5) is 0 Å². The highest BCUT2D eigenvalue weighted by molar-refractivity contribution is 4.78. The third-order valence-corrected chi connectivity index (χ3v) is 4.36. The van der Waals surface area contributed by atoms with Crippen molar-refractivity contribution < 1.29 is 0 Å². The summed E-state index contributed by atoms with van der Waals surface area (Å²) in [5, 5.41) is 0. The van der Waals surface area contributed by atoms with E-state index in [2.05, 4.69) is 37.5 Å². The average Bonchev–Trinajstić information content (AvgIpc) is 2.35. The molecular formula is C14H31N3. The molecule has 0 spiro atoms. The lowest BCUT2D eigenvalue weighted by molar-refractivity contribution is 0.0850. The molecule has 3 nitrogen and oxygen atoms in total. The van der Waals surface area contributed by atoms with Crippen molar-refractivity contribution in [1.29, 1.82) is 0 Å². The summed E-state index contributed by atoms with van der Waals surface area (Å²) >= 11 is 0. The molecule has 17 heavy (non-hydrogen) atoms. The Morgan fingerprint density at radius 2 is 1.65 bits per heavy atom. The highest BCUT2D eigenvalue weighted by atomic mass is 15.3. The van der Waals surface area contributed by atoms with E-state index >= 15 is 0 Å². The van der Waals surface area contributed by atoms with Gasteiger partial charge in [-0.25, -0.2) is 0 Å². The molecule has 0 bridgehead atoms. The summed E-state index contributed by atoms with van der Waals surface area (Å²) in [5.41, 5.74) is 5.85. The van der Waals surface area contributed by atoms with E-state index in [0.717, 1.165) is 12.6 Å². The lowest BCUT2D eigenvalue weighted by Crippen LogP contribution is -2.51. The summed E-state index contributed by atoms with van der Waals surface area (Å²) in [5.74, 6) is 1.36. The third-order valence-electron chi connectivity index (χ3n) is 4.36. The minimum Gasteiger partial charge on any atom is -0.330 e. The fourth-order valence-electron chi connectivity index (χ4n) is 2.53. The van der Waals surface area contributed by atoms with Gasteiger partial charge in [-0.1, -0.05) is 20.8 Å². The molecule has 0 aromatic carbocycles. The first-order valence-corrected chi connectivity index (χ1v) is 7.24. The molecule has 1 aliphatic rings. The van der Waals surface area contributed by atoms with Gasteiger partial charge in [0, 0.05) is 38.8 Å². The zero-order valence-electron chi connectivity index (χ0n) is 12.2. The van der Waals surface area contributed by atoms with Gasteiger partial charge in [-0.15, -0.1) is 0 Å². The van der Waals surface area contributed by atoms with Crippen molar-refractivity contribution in [3.05, 3.63) is 0 Å². The molecule has 2 atom stereocenters. The molecule has 1 rings (SSSR count). The molecule has 0 radical (unpaired) electrons. The van der Waals surface area contributed by atoms with Crippen LogP contribution in [-0.2, 0) is 0 Å². The Balaban J connectivity index is 2.31. The zero-order chi connectivity index (χ0) is 12.8. The quantitative estimate of drug-likeness (QED) is 0.767. The number of hydrogen-bond donors (Lipinski definition) is 1. The van der Waals surface area contributed by atoms with Crippen LogP contribution >= 0.6 is 0 Å². The molecule has 1 aliphatic heterocycles. The van der Waals surface area contributed by atoms with E-state index in [1.54, 1.807) is 0 Å². The van der Waals surface area contributed by atoms with Gasteiger partial charge in [0.1, 0.15) is 0 Å². The van der Waals surface area contributed by atoms with Crippen molar-refractivity contribution in [3.63, 3.8) is 0 Å². The predicted molar refractivity (Wildman–Crippen MR) is 75.1 cm³/mol. The lowest BCUT2D eigenvalue weighted by atomic mass is 9.95. The number of rotatable bonds is 6. The van der Waals surface area contributed by atoms with Crippen molar-refractivity contribution in [2.45, 2.75) is 40.2 Å². The highest BCUT2D eigenvalue weighted by Crippen LogP contribution is 2.14. The van der Waals surface area contributed by atoms with Crippen LogP contribution < -0.4 is 5.73 Å². The van der Waals surface area contributed by atoms with Crippen molar-refractivity contribution in [2.75, 3.05) is 39.3 Å². The van der Waals surface area contributed by atoms with Crippen LogP contribution in [0.5, 0.6) is 0 Å². The van der Waals surface area contributed by atoms with Crippen molar-refractivity contribution in [1.82, 2.24) is 9.80 Å². The van der Waals surface area contributed by atoms with Gasteiger partial charge < -0.3 is 10.6 Å². The molecule has 0 saturated carbocycles. The minimum absolute atomic E-state index is 0.658. The summed E-state index contributed by atoms with van der Waals surface area (Å²) in [6, 6.07) is 0.743. The highest BCUT2D eigenvalue weighted by Gasteiger charge is 2.22. The maximum atomic E-state index is 5.85. The Bertz CT molecular complexity index is 198. The van der Waals surface area contributed by atoms with Crippen LogP contribution in [0.1, 0.15) is 34.1 Å². The first-order chi connectivity index (χ1) is 8.08. The fourth-order valence-corrected chi connectivity index (χ4v) is 2.53. The number of nitrogens with two attached hydrogens (primary N) is 1. The van der Waals surface area contributed by atoms with Crippen LogP contribution in [0.25, 0.3) is 0 Å². The van der Waals surface area contributed by atoms with Gasteiger partial charge in [0.25, 0.3) is 0 Å². The summed E-state index contributed by atoms with van der Waals surface area (Å²) in [6.45, 7) is 16.1. The van der Waals surface area contributed by atoms with E-state index in [-0.39, 0.29) is 0 Å². The number of hydrogen-bond acceptors (Lipinski definition) is 3. The summed E-state index contributed by atoms with van der Waals surface area (Å²) < 4.78 is 0. The molecule has 3 heteroatoms. The number of piperazine rings is 1. The van der Waals surface area contributed by atoms with Gasteiger partial charge in [-0.2, -0.15) is 0 Å². The second kappa shape index (κ2) is 7.34. The van der Waals surface area contributed by atoms with Crippen LogP contribution in [0, 0.1) is 11.8 Å². The molecule has 2 N–H and O–H groups in total. The predicted octanol–water partition coefficient (Wildman–Crippen LogP) is 1.63. The molecule has 0 amide bonds. The smallest absolute Gasteiger partial charge is 0.0113 e. The standard InChI is InChI=1S/C14H31N3/c1-5-13(4)17-8-6-16(7-9-17)11-14(10-15)12(2)3/h12-14H,5-11,15H2,1-4H3. The van der Waals surface area contributed by atoms with Gasteiger partial charge in [-0.05, 0) is 31.7 Å². The number of nitrogens with zero attached hydrogens (tertiary/aromatic N) is 2. The lowest BCUT2D eigenvalue weighted by Gasteiger charge is -2.39. The van der Waals surface area contributed by atoms with E-state index < -0.39 is 0 Å². The maximum Gasteiger partial charge on any atom is 0.0113 e. The third kappa shape index (κ3) is 4.57. The van der Waals surface area contributed by atoms with Gasteiger partial charge >= 0.3 is 0 Å². The first-order valence-electron chi connectivity index (χ1n) is 7.24. The first kappa shape index (κ1) is 14.9. The Morgan fingerprint density at radius 3 is 2.06 bits per heavy atom. The molecule has 1 saturated heterocycles. The SMILES string of the molecule is CCC(C)N1CCN(CC(CN)C(C)C)CC1. The summed E-state index contributed by atoms with van der Waals surface area (Å²) in [4.78, 5) is 5.21. The molecule has 0 aliphatic carbocycles. The Kier molecular flexibility index (Phi) is 6.45.